The average molecular weight is 550 g/mol. The van der Waals surface area contributed by atoms with E-state index in [4.69, 9.17) is 28.1 Å². The third kappa shape index (κ3) is 4.43. The molecule has 0 atom stereocenters. The number of benzene rings is 5. The van der Waals surface area contributed by atoms with Crippen LogP contribution in [0.1, 0.15) is 5.56 Å². The fourth-order valence-electron chi connectivity index (χ4n) is 5.30. The third-order valence-corrected chi connectivity index (χ3v) is 7.30. The van der Waals surface area contributed by atoms with Crippen LogP contribution in [0.5, 0.6) is 0 Å². The van der Waals surface area contributed by atoms with Crippen LogP contribution in [0.2, 0.25) is 0 Å². The van der Waals surface area contributed by atoms with Crippen molar-refractivity contribution < 1.29 is 0 Å². The summed E-state index contributed by atoms with van der Waals surface area (Å²) in [5.41, 5.74) is 6.27. The van der Waals surface area contributed by atoms with Gasteiger partial charge in [0.05, 0.1) is 41.5 Å². The Kier molecular flexibility index (Phi) is 6.14. The van der Waals surface area contributed by atoms with Gasteiger partial charge in [0, 0.05) is 16.7 Å². The minimum atomic E-state index is 0.456. The summed E-state index contributed by atoms with van der Waals surface area (Å²) < 4.78 is 2.05. The molecule has 198 valence electrons. The van der Waals surface area contributed by atoms with Gasteiger partial charge in [0.15, 0.2) is 28.8 Å². The minimum absolute atomic E-state index is 0.456. The maximum Gasteiger partial charge on any atom is 0.188 e. The lowest BCUT2D eigenvalue weighted by Gasteiger charge is -2.15. The monoisotopic (exact) mass is 549 g/mol. The number of aromatic nitrogens is 4. The molecule has 0 fully saturated rings. The second-order valence-electron chi connectivity index (χ2n) is 9.84. The predicted octanol–water partition coefficient (Wildman–Crippen LogP) is 8.94. The van der Waals surface area contributed by atoms with Gasteiger partial charge in [-0.3, -0.25) is 0 Å². The Morgan fingerprint density at radius 1 is 0.581 bits per heavy atom. The molecule has 0 amide bonds. The van der Waals surface area contributed by atoms with Crippen LogP contribution in [0.3, 0.4) is 0 Å². The van der Waals surface area contributed by atoms with Crippen molar-refractivity contribution in [1.82, 2.24) is 19.5 Å². The lowest BCUT2D eigenvalue weighted by molar-refractivity contribution is 1.06. The van der Waals surface area contributed by atoms with Crippen molar-refractivity contribution >= 4 is 33.2 Å². The lowest BCUT2D eigenvalue weighted by Crippen LogP contribution is -2.04. The van der Waals surface area contributed by atoms with Gasteiger partial charge in [-0.2, -0.15) is 5.26 Å². The molecule has 7 aromatic rings. The molecule has 0 aliphatic heterocycles. The van der Waals surface area contributed by atoms with E-state index in [1.807, 2.05) is 97.1 Å². The van der Waals surface area contributed by atoms with E-state index in [0.717, 1.165) is 32.9 Å². The van der Waals surface area contributed by atoms with Crippen LogP contribution in [0.4, 0.5) is 11.4 Å². The number of fused-ring (bicyclic) bond motifs is 3. The van der Waals surface area contributed by atoms with Gasteiger partial charge in [-0.05, 0) is 53.2 Å². The molecule has 0 saturated carbocycles. The highest BCUT2D eigenvalue weighted by atomic mass is 15.1. The zero-order chi connectivity index (χ0) is 29.3. The van der Waals surface area contributed by atoms with Crippen molar-refractivity contribution in [1.29, 1.82) is 5.26 Å². The quantitative estimate of drug-likeness (QED) is 0.205. The first-order chi connectivity index (χ1) is 21.2. The van der Waals surface area contributed by atoms with Crippen molar-refractivity contribution in [2.45, 2.75) is 0 Å². The van der Waals surface area contributed by atoms with E-state index in [1.165, 1.54) is 0 Å². The summed E-state index contributed by atoms with van der Waals surface area (Å²) >= 11 is 0. The van der Waals surface area contributed by atoms with Crippen LogP contribution < -0.4 is 0 Å². The average Bonchev–Trinajstić information content (AvgIpc) is 3.41. The van der Waals surface area contributed by atoms with Gasteiger partial charge in [0.2, 0.25) is 0 Å². The van der Waals surface area contributed by atoms with Crippen molar-refractivity contribution in [3.63, 3.8) is 0 Å². The van der Waals surface area contributed by atoms with Crippen LogP contribution in [0.25, 0.3) is 71.3 Å². The number of rotatable bonds is 4. The van der Waals surface area contributed by atoms with Crippen LogP contribution in [-0.2, 0) is 0 Å². The second kappa shape index (κ2) is 10.4. The van der Waals surface area contributed by atoms with Gasteiger partial charge in [-0.25, -0.2) is 24.6 Å². The van der Waals surface area contributed by atoms with Crippen LogP contribution in [0, 0.1) is 24.5 Å². The molecule has 2 heterocycles. The standard InChI is InChI=1S/C36H19N7/c1-38-26-14-17-31-29(20-26)30-21-27(39-2)15-18-32(30)43(31)33-19-23(22-37)13-16-28(33)36-41-34(24-9-5-3-6-10-24)40-35(42-36)25-11-7-4-8-12-25/h3-21H. The molecule has 0 unspecified atom stereocenters. The fourth-order valence-corrected chi connectivity index (χ4v) is 5.30. The summed E-state index contributed by atoms with van der Waals surface area (Å²) in [6.07, 6.45) is 0. The molecular weight excluding hydrogens is 530 g/mol. The molecule has 0 N–H and O–H groups in total. The van der Waals surface area contributed by atoms with E-state index in [2.05, 4.69) is 20.3 Å². The smallest absolute Gasteiger partial charge is 0.188 e. The number of hydrogen-bond donors (Lipinski definition) is 0. The van der Waals surface area contributed by atoms with Crippen molar-refractivity contribution in [3.8, 4) is 45.9 Å². The van der Waals surface area contributed by atoms with Crippen molar-refractivity contribution in [3.05, 3.63) is 144 Å². The van der Waals surface area contributed by atoms with E-state index >= 15 is 0 Å². The maximum absolute atomic E-state index is 9.90. The molecule has 0 aliphatic carbocycles. The molecule has 43 heavy (non-hydrogen) atoms. The summed E-state index contributed by atoms with van der Waals surface area (Å²) in [4.78, 5) is 22.0. The Labute approximate surface area is 247 Å². The van der Waals surface area contributed by atoms with Crippen molar-refractivity contribution in [2.24, 2.45) is 0 Å². The highest BCUT2D eigenvalue weighted by molar-refractivity contribution is 6.11. The molecule has 0 radical (unpaired) electrons. The van der Waals surface area contributed by atoms with E-state index < -0.39 is 0 Å². The zero-order valence-corrected chi connectivity index (χ0v) is 22.6. The summed E-state index contributed by atoms with van der Waals surface area (Å²) in [5, 5.41) is 11.6. The van der Waals surface area contributed by atoms with Gasteiger partial charge in [0.25, 0.3) is 0 Å². The summed E-state index contributed by atoms with van der Waals surface area (Å²) in [6.45, 7) is 15.1. The van der Waals surface area contributed by atoms with Gasteiger partial charge < -0.3 is 4.57 Å². The number of hydrogen-bond acceptors (Lipinski definition) is 4. The van der Waals surface area contributed by atoms with E-state index in [9.17, 15) is 5.26 Å². The van der Waals surface area contributed by atoms with Crippen molar-refractivity contribution in [2.75, 3.05) is 0 Å². The Morgan fingerprint density at radius 2 is 1.09 bits per heavy atom. The Hall–Kier alpha value is -6.62. The topological polar surface area (TPSA) is 76.1 Å². The largest absolute Gasteiger partial charge is 0.309 e. The molecule has 0 spiro atoms. The summed E-state index contributed by atoms with van der Waals surface area (Å²) in [6, 6.07) is 38.3. The first-order valence-corrected chi connectivity index (χ1v) is 13.4. The highest BCUT2D eigenvalue weighted by Gasteiger charge is 2.20. The zero-order valence-electron chi connectivity index (χ0n) is 22.6. The Bertz CT molecular complexity index is 2190. The number of nitriles is 1. The molecule has 0 saturated heterocycles. The molecule has 2 aromatic heterocycles. The first-order valence-electron chi connectivity index (χ1n) is 13.4. The van der Waals surface area contributed by atoms with Gasteiger partial charge >= 0.3 is 0 Å². The Balaban J connectivity index is 1.56. The summed E-state index contributed by atoms with van der Waals surface area (Å²) in [7, 11) is 0. The normalized spacial score (nSPS) is 10.7. The maximum atomic E-state index is 9.90. The SMILES string of the molecule is [C-]#[N+]c1ccc2c(c1)c1cc([N+]#[C-])ccc1n2-c1cc(C#N)ccc1-c1nc(-c2ccccc2)nc(-c2ccccc2)n1. The molecule has 7 heteroatoms. The Morgan fingerprint density at radius 3 is 1.58 bits per heavy atom. The predicted molar refractivity (Wildman–Crippen MR) is 168 cm³/mol. The van der Waals surface area contributed by atoms with Gasteiger partial charge in [-0.15, -0.1) is 0 Å². The molecule has 0 bridgehead atoms. The molecule has 7 nitrogen and oxygen atoms in total. The summed E-state index contributed by atoms with van der Waals surface area (Å²) in [5.74, 6) is 1.52. The highest BCUT2D eigenvalue weighted by Crippen LogP contribution is 2.39. The first kappa shape index (κ1) is 25.4. The molecule has 7 rings (SSSR count). The fraction of sp³-hybridized carbons (Fsp3) is 0. The minimum Gasteiger partial charge on any atom is -0.309 e. The lowest BCUT2D eigenvalue weighted by atomic mass is 10.1. The molecular formula is C36H19N7. The molecule has 5 aromatic carbocycles. The van der Waals surface area contributed by atoms with Gasteiger partial charge in [0.1, 0.15) is 0 Å². The number of nitrogens with zero attached hydrogens (tertiary/aromatic N) is 7. The second-order valence-corrected chi connectivity index (χ2v) is 9.84. The molecule has 0 aliphatic rings. The van der Waals surface area contributed by atoms with Crippen LogP contribution in [-0.4, -0.2) is 19.5 Å². The van der Waals surface area contributed by atoms with E-state index in [1.54, 1.807) is 18.2 Å². The van der Waals surface area contributed by atoms with E-state index in [-0.39, 0.29) is 0 Å². The third-order valence-electron chi connectivity index (χ3n) is 7.30. The van der Waals surface area contributed by atoms with E-state index in [0.29, 0.717) is 45.7 Å². The van der Waals surface area contributed by atoms with Crippen LogP contribution in [0.15, 0.2) is 115 Å². The van der Waals surface area contributed by atoms with Gasteiger partial charge in [-0.1, -0.05) is 72.8 Å². The van der Waals surface area contributed by atoms with Crippen LogP contribution >= 0.6 is 0 Å².